The number of nitrogens with one attached hydrogen (secondary N) is 1. The predicted octanol–water partition coefficient (Wildman–Crippen LogP) is 2.71. The first kappa shape index (κ1) is 14.4. The summed E-state index contributed by atoms with van der Waals surface area (Å²) < 4.78 is 26.7. The molecule has 0 aromatic heterocycles. The first-order valence-corrected chi connectivity index (χ1v) is 5.69. The molecule has 2 aromatic carbocycles. The van der Waals surface area contributed by atoms with Crippen LogP contribution in [-0.4, -0.2) is 10.8 Å². The second-order valence-electron chi connectivity index (χ2n) is 4.08. The Morgan fingerprint density at radius 3 is 2.48 bits per heavy atom. The summed E-state index contributed by atoms with van der Waals surface area (Å²) in [5, 5.41) is 13.0. The Balaban J connectivity index is 2.42. The van der Waals surface area contributed by atoms with Gasteiger partial charge in [0, 0.05) is 0 Å². The third-order valence-corrected chi connectivity index (χ3v) is 2.68. The predicted molar refractivity (Wildman–Crippen MR) is 71.8 cm³/mol. The van der Waals surface area contributed by atoms with Crippen LogP contribution in [0.2, 0.25) is 0 Å². The van der Waals surface area contributed by atoms with E-state index in [-0.39, 0.29) is 5.69 Å². The molecule has 2 aromatic rings. The number of amides is 1. The SMILES string of the molecule is Nc1cc(C(=O)Nc2ccccc2F)c([N+](=O)[O-])cc1F. The molecule has 0 heterocycles. The van der Waals surface area contributed by atoms with Crippen molar-refractivity contribution in [3.05, 3.63) is 63.7 Å². The molecule has 0 radical (unpaired) electrons. The molecule has 0 bridgehead atoms. The molecule has 3 N–H and O–H groups in total. The molecular weight excluding hydrogens is 284 g/mol. The van der Waals surface area contributed by atoms with E-state index in [4.69, 9.17) is 5.73 Å². The van der Waals surface area contributed by atoms with Crippen molar-refractivity contribution < 1.29 is 18.5 Å². The Labute approximate surface area is 117 Å². The first-order valence-electron chi connectivity index (χ1n) is 5.69. The van der Waals surface area contributed by atoms with Gasteiger partial charge in [-0.25, -0.2) is 8.78 Å². The number of nitro groups is 1. The number of nitrogen functional groups attached to an aromatic ring is 1. The molecule has 6 nitrogen and oxygen atoms in total. The Bertz CT molecular complexity index is 735. The van der Waals surface area contributed by atoms with Gasteiger partial charge < -0.3 is 11.1 Å². The number of hydrogen-bond acceptors (Lipinski definition) is 4. The van der Waals surface area contributed by atoms with Crippen molar-refractivity contribution in [2.45, 2.75) is 0 Å². The van der Waals surface area contributed by atoms with Gasteiger partial charge in [-0.05, 0) is 18.2 Å². The number of rotatable bonds is 3. The molecule has 0 aliphatic heterocycles. The van der Waals surface area contributed by atoms with Crippen LogP contribution in [0, 0.1) is 21.7 Å². The van der Waals surface area contributed by atoms with Crippen molar-refractivity contribution >= 4 is 23.0 Å². The van der Waals surface area contributed by atoms with Crippen molar-refractivity contribution in [1.82, 2.24) is 0 Å². The summed E-state index contributed by atoms with van der Waals surface area (Å²) in [5.41, 5.74) is 3.52. The van der Waals surface area contributed by atoms with Crippen molar-refractivity contribution in [3.8, 4) is 0 Å². The van der Waals surface area contributed by atoms with Gasteiger partial charge in [-0.2, -0.15) is 0 Å². The number of anilines is 2. The van der Waals surface area contributed by atoms with E-state index < -0.39 is 39.4 Å². The van der Waals surface area contributed by atoms with E-state index in [1.807, 2.05) is 0 Å². The second kappa shape index (κ2) is 5.53. The fourth-order valence-electron chi connectivity index (χ4n) is 1.66. The maximum Gasteiger partial charge on any atom is 0.285 e. The minimum Gasteiger partial charge on any atom is -0.396 e. The molecule has 0 unspecified atom stereocenters. The highest BCUT2D eigenvalue weighted by Crippen LogP contribution is 2.25. The molecule has 0 fully saturated rings. The van der Waals surface area contributed by atoms with Crippen molar-refractivity contribution in [2.75, 3.05) is 11.1 Å². The average Bonchev–Trinajstić information content (AvgIpc) is 2.43. The van der Waals surface area contributed by atoms with Gasteiger partial charge in [-0.15, -0.1) is 0 Å². The zero-order valence-corrected chi connectivity index (χ0v) is 10.5. The third kappa shape index (κ3) is 2.94. The molecule has 21 heavy (non-hydrogen) atoms. The third-order valence-electron chi connectivity index (χ3n) is 2.68. The molecule has 108 valence electrons. The highest BCUT2D eigenvalue weighted by atomic mass is 19.1. The topological polar surface area (TPSA) is 98.3 Å². The number of carbonyl (C=O) groups is 1. The van der Waals surface area contributed by atoms with E-state index in [9.17, 15) is 23.7 Å². The molecule has 0 spiro atoms. The van der Waals surface area contributed by atoms with Gasteiger partial charge in [0.1, 0.15) is 11.4 Å². The summed E-state index contributed by atoms with van der Waals surface area (Å²) >= 11 is 0. The minimum absolute atomic E-state index is 0.153. The molecule has 0 aliphatic rings. The van der Waals surface area contributed by atoms with Gasteiger partial charge in [0.15, 0.2) is 5.82 Å². The summed E-state index contributed by atoms with van der Waals surface area (Å²) in [6, 6.07) is 6.68. The number of benzene rings is 2. The molecule has 8 heteroatoms. The summed E-state index contributed by atoms with van der Waals surface area (Å²) in [6.45, 7) is 0. The van der Waals surface area contributed by atoms with E-state index in [0.717, 1.165) is 12.1 Å². The number of carbonyl (C=O) groups excluding carboxylic acids is 1. The number of halogens is 2. The first-order chi connectivity index (χ1) is 9.90. The van der Waals surface area contributed by atoms with Crippen LogP contribution in [0.15, 0.2) is 36.4 Å². The molecule has 0 saturated heterocycles. The molecule has 0 aliphatic carbocycles. The summed E-state index contributed by atoms with van der Waals surface area (Å²) in [6.07, 6.45) is 0. The number of nitrogens with zero attached hydrogens (tertiary/aromatic N) is 1. The lowest BCUT2D eigenvalue weighted by Crippen LogP contribution is -2.15. The van der Waals surface area contributed by atoms with Crippen LogP contribution in [0.3, 0.4) is 0 Å². The lowest BCUT2D eigenvalue weighted by molar-refractivity contribution is -0.385. The maximum atomic E-state index is 13.4. The highest BCUT2D eigenvalue weighted by molar-refractivity contribution is 6.07. The fourth-order valence-corrected chi connectivity index (χ4v) is 1.66. The van der Waals surface area contributed by atoms with Crippen LogP contribution in [0.25, 0.3) is 0 Å². The standard InChI is InChI=1S/C13H9F2N3O3/c14-8-3-1-2-4-11(8)17-13(19)7-5-10(16)9(15)6-12(7)18(20)21/h1-6H,16H2,(H,17,19). The summed E-state index contributed by atoms with van der Waals surface area (Å²) in [5.74, 6) is -2.67. The van der Waals surface area contributed by atoms with Gasteiger partial charge in [-0.3, -0.25) is 14.9 Å². The maximum absolute atomic E-state index is 13.4. The second-order valence-corrected chi connectivity index (χ2v) is 4.08. The average molecular weight is 293 g/mol. The van der Waals surface area contributed by atoms with E-state index in [1.54, 1.807) is 0 Å². The van der Waals surface area contributed by atoms with Crippen molar-refractivity contribution in [3.63, 3.8) is 0 Å². The van der Waals surface area contributed by atoms with Crippen molar-refractivity contribution in [1.29, 1.82) is 0 Å². The van der Waals surface area contributed by atoms with E-state index in [2.05, 4.69) is 5.32 Å². The number of hydrogen-bond donors (Lipinski definition) is 2. The summed E-state index contributed by atoms with van der Waals surface area (Å²) in [7, 11) is 0. The lowest BCUT2D eigenvalue weighted by atomic mass is 10.1. The van der Waals surface area contributed by atoms with E-state index in [0.29, 0.717) is 6.07 Å². The normalized spacial score (nSPS) is 10.2. The monoisotopic (exact) mass is 293 g/mol. The van der Waals surface area contributed by atoms with Crippen LogP contribution >= 0.6 is 0 Å². The Morgan fingerprint density at radius 2 is 1.86 bits per heavy atom. The zero-order valence-electron chi connectivity index (χ0n) is 10.5. The fraction of sp³-hybridized carbons (Fsp3) is 0. The minimum atomic E-state index is -1.01. The van der Waals surface area contributed by atoms with Crippen LogP contribution in [0.4, 0.5) is 25.8 Å². The van der Waals surface area contributed by atoms with Gasteiger partial charge in [-0.1, -0.05) is 12.1 Å². The van der Waals surface area contributed by atoms with Crippen LogP contribution in [-0.2, 0) is 0 Å². The van der Waals surface area contributed by atoms with Crippen LogP contribution in [0.1, 0.15) is 10.4 Å². The Morgan fingerprint density at radius 1 is 1.19 bits per heavy atom. The van der Waals surface area contributed by atoms with Gasteiger partial charge in [0.2, 0.25) is 0 Å². The molecule has 1 amide bonds. The number of para-hydroxylation sites is 1. The van der Waals surface area contributed by atoms with Gasteiger partial charge >= 0.3 is 0 Å². The molecule has 0 saturated carbocycles. The smallest absolute Gasteiger partial charge is 0.285 e. The Kier molecular flexibility index (Phi) is 3.79. The zero-order chi connectivity index (χ0) is 15.6. The van der Waals surface area contributed by atoms with Crippen molar-refractivity contribution in [2.24, 2.45) is 0 Å². The van der Waals surface area contributed by atoms with Gasteiger partial charge in [0.25, 0.3) is 11.6 Å². The Hall–Kier alpha value is -3.03. The van der Waals surface area contributed by atoms with E-state index >= 15 is 0 Å². The van der Waals surface area contributed by atoms with Gasteiger partial charge in [0.05, 0.1) is 22.4 Å². The van der Waals surface area contributed by atoms with Crippen LogP contribution < -0.4 is 11.1 Å². The molecule has 0 atom stereocenters. The number of nitro benzene ring substituents is 1. The molecule has 2 rings (SSSR count). The highest BCUT2D eigenvalue weighted by Gasteiger charge is 2.23. The van der Waals surface area contributed by atoms with Crippen LogP contribution in [0.5, 0.6) is 0 Å². The molecular formula is C13H9F2N3O3. The quantitative estimate of drug-likeness (QED) is 0.516. The largest absolute Gasteiger partial charge is 0.396 e. The number of nitrogens with two attached hydrogens (primary N) is 1. The van der Waals surface area contributed by atoms with E-state index in [1.165, 1.54) is 18.2 Å². The lowest BCUT2D eigenvalue weighted by Gasteiger charge is -2.08. The summed E-state index contributed by atoms with van der Waals surface area (Å²) in [4.78, 5) is 21.9.